The van der Waals surface area contributed by atoms with Gasteiger partial charge in [0.25, 0.3) is 0 Å². The summed E-state index contributed by atoms with van der Waals surface area (Å²) in [5.41, 5.74) is 6.31. The van der Waals surface area contributed by atoms with Crippen LogP contribution >= 0.6 is 0 Å². The third-order valence-electron chi connectivity index (χ3n) is 3.63. The Morgan fingerprint density at radius 2 is 1.52 bits per heavy atom. The molecule has 0 fully saturated rings. The summed E-state index contributed by atoms with van der Waals surface area (Å²) in [7, 11) is 0. The lowest BCUT2D eigenvalue weighted by Crippen LogP contribution is -1.89. The van der Waals surface area contributed by atoms with E-state index in [1.54, 1.807) is 12.4 Å². The predicted octanol–water partition coefficient (Wildman–Crippen LogP) is 5.18. The van der Waals surface area contributed by atoms with Gasteiger partial charge in [-0.3, -0.25) is 15.0 Å². The lowest BCUT2D eigenvalue weighted by Gasteiger charge is -2.08. The van der Waals surface area contributed by atoms with Gasteiger partial charge in [-0.25, -0.2) is 0 Å². The Hall–Kier alpha value is -2.81. The molecule has 0 N–H and O–H groups in total. The van der Waals surface area contributed by atoms with Crippen LogP contribution in [0.5, 0.6) is 0 Å². The Morgan fingerprint density at radius 3 is 2.39 bits per heavy atom. The fourth-order valence-corrected chi connectivity index (χ4v) is 2.68. The summed E-state index contributed by atoms with van der Waals surface area (Å²) in [5, 5.41) is 1.13. The number of aryl methyl sites for hydroxylation is 1. The first-order valence-electron chi connectivity index (χ1n) is 7.88. The van der Waals surface area contributed by atoms with Crippen LogP contribution in [0.15, 0.2) is 61.1 Å². The molecular formula is C20H19N3. The van der Waals surface area contributed by atoms with E-state index in [1.807, 2.05) is 26.1 Å². The largest absolute Gasteiger partial charge is 0.256 e. The van der Waals surface area contributed by atoms with Crippen molar-refractivity contribution in [2.24, 2.45) is 0 Å². The van der Waals surface area contributed by atoms with Gasteiger partial charge in [0.1, 0.15) is 0 Å². The average molecular weight is 301 g/mol. The summed E-state index contributed by atoms with van der Waals surface area (Å²) in [6.07, 6.45) is 5.29. The highest BCUT2D eigenvalue weighted by atomic mass is 14.8. The van der Waals surface area contributed by atoms with E-state index in [0.29, 0.717) is 0 Å². The molecule has 4 rings (SSSR count). The molecule has 0 amide bonds. The second kappa shape index (κ2) is 6.53. The number of rotatable bonds is 1. The maximum atomic E-state index is 4.50. The van der Waals surface area contributed by atoms with E-state index in [0.717, 1.165) is 33.1 Å². The molecule has 0 aliphatic heterocycles. The Bertz CT molecular complexity index is 961. The third-order valence-corrected chi connectivity index (χ3v) is 3.63. The second-order valence-electron chi connectivity index (χ2n) is 5.15. The zero-order valence-electron chi connectivity index (χ0n) is 13.6. The molecule has 0 atom stereocenters. The van der Waals surface area contributed by atoms with Crippen LogP contribution in [0.1, 0.15) is 19.4 Å². The van der Waals surface area contributed by atoms with E-state index in [9.17, 15) is 0 Å². The summed E-state index contributed by atoms with van der Waals surface area (Å²) >= 11 is 0. The van der Waals surface area contributed by atoms with Crippen LogP contribution in [-0.4, -0.2) is 15.0 Å². The number of aromatic nitrogens is 3. The monoisotopic (exact) mass is 301 g/mol. The number of benzene rings is 2. The smallest absolute Gasteiger partial charge is 0.0965 e. The summed E-state index contributed by atoms with van der Waals surface area (Å²) in [4.78, 5) is 13.3. The van der Waals surface area contributed by atoms with Gasteiger partial charge >= 0.3 is 0 Å². The van der Waals surface area contributed by atoms with Crippen molar-refractivity contribution in [3.05, 3.63) is 66.6 Å². The first kappa shape index (κ1) is 15.1. The molecule has 0 bridgehead atoms. The maximum Gasteiger partial charge on any atom is 0.0965 e. The lowest BCUT2D eigenvalue weighted by atomic mass is 9.99. The lowest BCUT2D eigenvalue weighted by molar-refractivity contribution is 1.28. The van der Waals surface area contributed by atoms with Crippen molar-refractivity contribution in [2.75, 3.05) is 0 Å². The van der Waals surface area contributed by atoms with Gasteiger partial charge in [0, 0.05) is 29.5 Å². The molecular weight excluding hydrogens is 282 g/mol. The van der Waals surface area contributed by atoms with Gasteiger partial charge in [0.15, 0.2) is 0 Å². The van der Waals surface area contributed by atoms with Gasteiger partial charge < -0.3 is 0 Å². The van der Waals surface area contributed by atoms with Crippen LogP contribution in [0.25, 0.3) is 33.1 Å². The van der Waals surface area contributed by atoms with Crippen LogP contribution in [0.4, 0.5) is 0 Å². The van der Waals surface area contributed by atoms with E-state index in [-0.39, 0.29) is 0 Å². The highest BCUT2D eigenvalue weighted by Gasteiger charge is 2.08. The van der Waals surface area contributed by atoms with Gasteiger partial charge in [-0.05, 0) is 48.4 Å². The van der Waals surface area contributed by atoms with Crippen molar-refractivity contribution in [2.45, 2.75) is 20.8 Å². The van der Waals surface area contributed by atoms with Gasteiger partial charge in [-0.1, -0.05) is 26.0 Å². The zero-order chi connectivity index (χ0) is 16.2. The Morgan fingerprint density at radius 1 is 0.739 bits per heavy atom. The van der Waals surface area contributed by atoms with Gasteiger partial charge in [-0.2, -0.15) is 0 Å². The standard InChI is InChI=1S/C18H13N3.C2H6/c1-12-9-15(18-17(10-12)20-7-8-21-18)13-4-5-16-14(11-13)3-2-6-19-16;1-2/h2-11H,1H3;1-2H3. The highest BCUT2D eigenvalue weighted by Crippen LogP contribution is 2.29. The first-order valence-corrected chi connectivity index (χ1v) is 7.88. The molecule has 0 spiro atoms. The molecule has 23 heavy (non-hydrogen) atoms. The number of hydrogen-bond donors (Lipinski definition) is 0. The van der Waals surface area contributed by atoms with Gasteiger partial charge in [0.2, 0.25) is 0 Å². The van der Waals surface area contributed by atoms with Crippen LogP contribution in [0.3, 0.4) is 0 Å². The van der Waals surface area contributed by atoms with Crippen molar-refractivity contribution in [1.82, 2.24) is 15.0 Å². The van der Waals surface area contributed by atoms with Crippen LogP contribution < -0.4 is 0 Å². The highest BCUT2D eigenvalue weighted by molar-refractivity contribution is 5.95. The molecule has 114 valence electrons. The topological polar surface area (TPSA) is 38.7 Å². The average Bonchev–Trinajstić information content (AvgIpc) is 2.62. The number of nitrogens with zero attached hydrogens (tertiary/aromatic N) is 3. The van der Waals surface area contributed by atoms with Gasteiger partial charge in [-0.15, -0.1) is 0 Å². The second-order valence-corrected chi connectivity index (χ2v) is 5.15. The number of fused-ring (bicyclic) bond motifs is 2. The van der Waals surface area contributed by atoms with Crippen molar-refractivity contribution >= 4 is 21.9 Å². The van der Waals surface area contributed by atoms with E-state index in [4.69, 9.17) is 0 Å². The molecule has 0 saturated carbocycles. The molecule has 3 heteroatoms. The van der Waals surface area contributed by atoms with Crippen LogP contribution in [-0.2, 0) is 0 Å². The van der Waals surface area contributed by atoms with E-state index in [2.05, 4.69) is 58.3 Å². The van der Waals surface area contributed by atoms with Crippen molar-refractivity contribution in [1.29, 1.82) is 0 Å². The summed E-state index contributed by atoms with van der Waals surface area (Å²) in [5.74, 6) is 0. The first-order chi connectivity index (χ1) is 11.3. The van der Waals surface area contributed by atoms with Gasteiger partial charge in [0.05, 0.1) is 16.6 Å². The molecule has 0 aliphatic carbocycles. The minimum absolute atomic E-state index is 0.929. The van der Waals surface area contributed by atoms with E-state index < -0.39 is 0 Å². The molecule has 2 aromatic heterocycles. The molecule has 0 radical (unpaired) electrons. The summed E-state index contributed by atoms with van der Waals surface area (Å²) in [6.45, 7) is 6.08. The molecule has 2 heterocycles. The molecule has 0 unspecified atom stereocenters. The van der Waals surface area contributed by atoms with Crippen LogP contribution in [0, 0.1) is 6.92 Å². The van der Waals surface area contributed by atoms with E-state index >= 15 is 0 Å². The third kappa shape index (κ3) is 2.90. The number of pyridine rings is 1. The van der Waals surface area contributed by atoms with Crippen molar-refractivity contribution in [3.63, 3.8) is 0 Å². The fraction of sp³-hybridized carbons (Fsp3) is 0.150. The molecule has 3 nitrogen and oxygen atoms in total. The quantitative estimate of drug-likeness (QED) is 0.486. The molecule has 0 saturated heterocycles. The fourth-order valence-electron chi connectivity index (χ4n) is 2.68. The zero-order valence-corrected chi connectivity index (χ0v) is 13.6. The van der Waals surface area contributed by atoms with E-state index in [1.165, 1.54) is 5.56 Å². The Kier molecular flexibility index (Phi) is 4.29. The SMILES string of the molecule is CC.Cc1cc(-c2ccc3ncccc3c2)c2nccnc2c1. The minimum Gasteiger partial charge on any atom is -0.256 e. The predicted molar refractivity (Wildman–Crippen MR) is 96.4 cm³/mol. The normalized spacial score (nSPS) is 10.4. The number of hydrogen-bond acceptors (Lipinski definition) is 3. The Balaban J connectivity index is 0.000000753. The molecule has 0 aliphatic rings. The molecule has 4 aromatic rings. The minimum atomic E-state index is 0.929. The maximum absolute atomic E-state index is 4.50. The van der Waals surface area contributed by atoms with Crippen molar-refractivity contribution in [3.8, 4) is 11.1 Å². The summed E-state index contributed by atoms with van der Waals surface area (Å²) in [6, 6.07) is 14.6. The van der Waals surface area contributed by atoms with Crippen molar-refractivity contribution < 1.29 is 0 Å². The van der Waals surface area contributed by atoms with Crippen LogP contribution in [0.2, 0.25) is 0 Å². The Labute approximate surface area is 136 Å². The summed E-state index contributed by atoms with van der Waals surface area (Å²) < 4.78 is 0. The molecule has 2 aromatic carbocycles.